The van der Waals surface area contributed by atoms with Gasteiger partial charge in [0, 0.05) is 42.5 Å². The van der Waals surface area contributed by atoms with Crippen LogP contribution in [0, 0.1) is 11.8 Å². The number of carbonyl (C=O) groups excluding carboxylic acids is 1. The Morgan fingerprint density at radius 3 is 2.23 bits per heavy atom. The highest BCUT2D eigenvalue weighted by atomic mass is 16.5. The molecular weight excluding hydrogens is 496 g/mol. The average molecular weight is 545 g/mol. The van der Waals surface area contributed by atoms with Gasteiger partial charge in [-0.3, -0.25) is 9.69 Å². The first-order valence-electron chi connectivity index (χ1n) is 15.2. The quantitative estimate of drug-likeness (QED) is 0.238. The zero-order valence-electron chi connectivity index (χ0n) is 25.2. The van der Waals surface area contributed by atoms with E-state index in [0.717, 1.165) is 79.2 Å². The molecule has 3 heterocycles. The summed E-state index contributed by atoms with van der Waals surface area (Å²) in [7, 11) is 1.68. The van der Waals surface area contributed by atoms with Crippen molar-refractivity contribution in [3.05, 3.63) is 59.8 Å². The zero-order valence-corrected chi connectivity index (χ0v) is 25.2. The Morgan fingerprint density at radius 2 is 1.62 bits per heavy atom. The Kier molecular flexibility index (Phi) is 10.8. The lowest BCUT2D eigenvalue weighted by Gasteiger charge is -2.24. The summed E-state index contributed by atoms with van der Waals surface area (Å²) in [6.45, 7) is 13.7. The molecule has 0 N–H and O–H groups in total. The Labute approximate surface area is 241 Å². The van der Waals surface area contributed by atoms with E-state index in [1.807, 2.05) is 39.9 Å². The van der Waals surface area contributed by atoms with E-state index >= 15 is 0 Å². The molecule has 0 aliphatic carbocycles. The van der Waals surface area contributed by atoms with Crippen molar-refractivity contribution < 1.29 is 9.53 Å². The van der Waals surface area contributed by atoms with Crippen LogP contribution in [-0.4, -0.2) is 65.2 Å². The van der Waals surface area contributed by atoms with Gasteiger partial charge in [0.25, 0.3) is 5.91 Å². The van der Waals surface area contributed by atoms with Gasteiger partial charge in [-0.25, -0.2) is 4.52 Å². The second-order valence-electron chi connectivity index (χ2n) is 12.0. The first-order valence-corrected chi connectivity index (χ1v) is 15.2. The Hall–Kier alpha value is -3.12. The predicted octanol–water partition coefficient (Wildman–Crippen LogP) is 7.43. The molecule has 1 aromatic carbocycles. The molecule has 216 valence electrons. The monoisotopic (exact) mass is 544 g/mol. The highest BCUT2D eigenvalue weighted by molar-refractivity contribution is 5.96. The van der Waals surface area contributed by atoms with E-state index in [2.05, 4.69) is 56.9 Å². The molecule has 0 unspecified atom stereocenters. The molecule has 3 aromatic rings. The van der Waals surface area contributed by atoms with Crippen LogP contribution in [0.15, 0.2) is 48.7 Å². The molecule has 0 atom stereocenters. The third-order valence-electron chi connectivity index (χ3n) is 7.87. The smallest absolute Gasteiger partial charge is 0.253 e. The Morgan fingerprint density at radius 1 is 0.975 bits per heavy atom. The number of aromatic nitrogens is 2. The van der Waals surface area contributed by atoms with E-state index in [0.29, 0.717) is 11.8 Å². The van der Waals surface area contributed by atoms with Gasteiger partial charge in [-0.1, -0.05) is 52.7 Å². The molecule has 1 aliphatic heterocycles. The van der Waals surface area contributed by atoms with Crippen LogP contribution in [0.3, 0.4) is 0 Å². The molecule has 1 amide bonds. The summed E-state index contributed by atoms with van der Waals surface area (Å²) in [6.07, 6.45) is 13.6. The van der Waals surface area contributed by atoms with E-state index in [1.165, 1.54) is 25.7 Å². The summed E-state index contributed by atoms with van der Waals surface area (Å²) in [5.74, 6) is 2.04. The lowest BCUT2D eigenvalue weighted by Crippen LogP contribution is -2.34. The van der Waals surface area contributed by atoms with E-state index < -0.39 is 0 Å². The third-order valence-corrected chi connectivity index (χ3v) is 7.87. The lowest BCUT2D eigenvalue weighted by molar-refractivity contribution is 0.0741. The molecule has 0 spiro atoms. The number of fused-ring (bicyclic) bond motifs is 1. The maximum Gasteiger partial charge on any atom is 0.253 e. The lowest BCUT2D eigenvalue weighted by atomic mass is 10.0. The zero-order chi connectivity index (χ0) is 28.5. The van der Waals surface area contributed by atoms with Gasteiger partial charge in [0.1, 0.15) is 11.4 Å². The van der Waals surface area contributed by atoms with Crippen molar-refractivity contribution in [2.45, 2.75) is 66.2 Å². The van der Waals surface area contributed by atoms with Crippen molar-refractivity contribution in [1.82, 2.24) is 19.4 Å². The van der Waals surface area contributed by atoms with Crippen molar-refractivity contribution in [3.8, 4) is 17.0 Å². The summed E-state index contributed by atoms with van der Waals surface area (Å²) in [5.41, 5.74) is 4.67. The third kappa shape index (κ3) is 7.97. The maximum atomic E-state index is 13.8. The number of amides is 1. The number of ether oxygens (including phenoxy) is 1. The molecule has 1 saturated heterocycles. The number of hydrogen-bond donors (Lipinski definition) is 0. The van der Waals surface area contributed by atoms with Crippen LogP contribution in [-0.2, 0) is 0 Å². The second-order valence-corrected chi connectivity index (χ2v) is 12.0. The van der Waals surface area contributed by atoms with Crippen LogP contribution in [0.2, 0.25) is 0 Å². The van der Waals surface area contributed by atoms with Crippen molar-refractivity contribution >= 4 is 17.5 Å². The summed E-state index contributed by atoms with van der Waals surface area (Å²) in [4.78, 5) is 18.4. The highest BCUT2D eigenvalue weighted by Crippen LogP contribution is 2.30. The van der Waals surface area contributed by atoms with Crippen molar-refractivity contribution in [1.29, 1.82) is 0 Å². The van der Waals surface area contributed by atoms with Gasteiger partial charge in [0.05, 0.1) is 12.6 Å². The minimum absolute atomic E-state index is 0.107. The van der Waals surface area contributed by atoms with E-state index in [9.17, 15) is 4.79 Å². The number of methoxy groups -OCH3 is 1. The average Bonchev–Trinajstić information content (AvgIpc) is 3.10. The molecule has 0 radical (unpaired) electrons. The minimum atomic E-state index is 0.107. The molecule has 1 fully saturated rings. The molecule has 2 aromatic heterocycles. The number of pyridine rings is 1. The first-order chi connectivity index (χ1) is 19.4. The van der Waals surface area contributed by atoms with E-state index in [4.69, 9.17) is 9.84 Å². The fourth-order valence-corrected chi connectivity index (χ4v) is 5.29. The molecule has 6 heteroatoms. The van der Waals surface area contributed by atoms with Gasteiger partial charge in [-0.2, -0.15) is 5.10 Å². The van der Waals surface area contributed by atoms with Crippen molar-refractivity contribution in [3.63, 3.8) is 0 Å². The summed E-state index contributed by atoms with van der Waals surface area (Å²) in [5, 5.41) is 4.97. The van der Waals surface area contributed by atoms with Crippen LogP contribution < -0.4 is 4.74 Å². The van der Waals surface area contributed by atoms with Gasteiger partial charge < -0.3 is 9.64 Å². The summed E-state index contributed by atoms with van der Waals surface area (Å²) in [6, 6.07) is 12.0. The SMILES string of the molecule is COc1ccc(-c2nn3ccc(C(=O)N(CCC(C)C)CCC(C)C)cc3c2C=CCN2CCCCCC2)cc1. The molecule has 6 nitrogen and oxygen atoms in total. The van der Waals surface area contributed by atoms with Crippen LogP contribution in [0.4, 0.5) is 0 Å². The summed E-state index contributed by atoms with van der Waals surface area (Å²) >= 11 is 0. The van der Waals surface area contributed by atoms with Crippen LogP contribution in [0.25, 0.3) is 22.9 Å². The van der Waals surface area contributed by atoms with E-state index in [1.54, 1.807) is 7.11 Å². The van der Waals surface area contributed by atoms with Gasteiger partial charge in [0.15, 0.2) is 0 Å². The van der Waals surface area contributed by atoms with Crippen LogP contribution in [0.5, 0.6) is 5.75 Å². The molecule has 4 rings (SSSR count). The molecule has 0 bridgehead atoms. The van der Waals surface area contributed by atoms with Gasteiger partial charge in [-0.05, 0) is 87.0 Å². The number of hydrogen-bond acceptors (Lipinski definition) is 4. The van der Waals surface area contributed by atoms with Crippen LogP contribution in [0.1, 0.15) is 82.1 Å². The standard InChI is InChI=1S/C34H48N4O2/c1-26(2)16-22-37(23-17-27(3)4)34(39)29-18-24-38-32(25-29)31(11-10-21-36-19-8-6-7-9-20-36)33(35-38)28-12-14-30(40-5)15-13-28/h10-15,18,24-27H,6-9,16-17,19-23H2,1-5H3. The topological polar surface area (TPSA) is 50.1 Å². The molecule has 0 saturated carbocycles. The predicted molar refractivity (Wildman–Crippen MR) is 166 cm³/mol. The Balaban J connectivity index is 1.69. The number of nitrogens with zero attached hydrogens (tertiary/aromatic N) is 4. The number of likely N-dealkylation sites (tertiary alicyclic amines) is 1. The molecular formula is C34H48N4O2. The van der Waals surface area contributed by atoms with Crippen molar-refractivity contribution in [2.24, 2.45) is 11.8 Å². The fraction of sp³-hybridized carbons (Fsp3) is 0.529. The minimum Gasteiger partial charge on any atom is -0.497 e. The van der Waals surface area contributed by atoms with E-state index in [-0.39, 0.29) is 5.91 Å². The van der Waals surface area contributed by atoms with Gasteiger partial charge in [-0.15, -0.1) is 0 Å². The number of benzene rings is 1. The molecule has 40 heavy (non-hydrogen) atoms. The first kappa shape index (κ1) is 29.9. The summed E-state index contributed by atoms with van der Waals surface area (Å²) < 4.78 is 7.29. The fourth-order valence-electron chi connectivity index (χ4n) is 5.29. The normalized spacial score (nSPS) is 14.9. The van der Waals surface area contributed by atoms with Gasteiger partial charge >= 0.3 is 0 Å². The Bertz CT molecular complexity index is 1240. The highest BCUT2D eigenvalue weighted by Gasteiger charge is 2.20. The van der Waals surface area contributed by atoms with Gasteiger partial charge in [0.2, 0.25) is 0 Å². The maximum absolute atomic E-state index is 13.8. The second kappa shape index (κ2) is 14.5. The largest absolute Gasteiger partial charge is 0.497 e. The van der Waals surface area contributed by atoms with Crippen LogP contribution >= 0.6 is 0 Å². The molecule has 1 aliphatic rings. The van der Waals surface area contributed by atoms with Crippen molar-refractivity contribution in [2.75, 3.05) is 39.8 Å². The number of rotatable bonds is 12. The number of carbonyl (C=O) groups is 1.